The van der Waals surface area contributed by atoms with Gasteiger partial charge in [0.05, 0.1) is 20.3 Å². The Morgan fingerprint density at radius 3 is 1.86 bits per heavy atom. The van der Waals surface area contributed by atoms with Crippen LogP contribution in [0, 0.1) is 0 Å². The molecule has 0 atom stereocenters. The quantitative estimate of drug-likeness (QED) is 0.396. The van der Waals surface area contributed by atoms with Crippen LogP contribution in [0.2, 0.25) is 0 Å². The van der Waals surface area contributed by atoms with E-state index in [1.165, 1.54) is 7.11 Å². The second-order valence-electron chi connectivity index (χ2n) is 2.12. The van der Waals surface area contributed by atoms with Crippen molar-refractivity contribution >= 4 is 5.97 Å². The van der Waals surface area contributed by atoms with E-state index < -0.39 is 5.97 Å². The summed E-state index contributed by atoms with van der Waals surface area (Å²) in [5.41, 5.74) is 0. The molecule has 84 valence electrons. The Kier molecular flexibility index (Phi) is 16.3. The molecule has 0 aromatic rings. The van der Waals surface area contributed by atoms with Crippen molar-refractivity contribution in [1.82, 2.24) is 0 Å². The second-order valence-corrected chi connectivity index (χ2v) is 2.12. The summed E-state index contributed by atoms with van der Waals surface area (Å²) in [6.07, 6.45) is 1.11. The third-order valence-electron chi connectivity index (χ3n) is 0.980. The third-order valence-corrected chi connectivity index (χ3v) is 0.980. The lowest BCUT2D eigenvalue weighted by atomic mass is 10.7. The standard InChI is InChI=1S/C4H6O2.C4H10O.C2H4O/c1-3-4(5)6-2;1-3-5-4-2;1-2-3-1/h3H,1H2,2H3;3-4H2,1-2H3;1-2H2. The van der Waals surface area contributed by atoms with Gasteiger partial charge in [-0.3, -0.25) is 0 Å². The van der Waals surface area contributed by atoms with Crippen LogP contribution in [-0.4, -0.2) is 39.5 Å². The summed E-state index contributed by atoms with van der Waals surface area (Å²) in [6.45, 7) is 10.8. The molecule has 0 saturated carbocycles. The Hall–Kier alpha value is -0.870. The first-order chi connectivity index (χ1) is 6.72. The molecule has 1 aliphatic heterocycles. The van der Waals surface area contributed by atoms with Crippen molar-refractivity contribution in [3.05, 3.63) is 12.7 Å². The highest BCUT2D eigenvalue weighted by Gasteiger charge is 1.94. The second kappa shape index (κ2) is 14.6. The lowest BCUT2D eigenvalue weighted by Crippen LogP contribution is -1.91. The molecule has 0 aliphatic carbocycles. The van der Waals surface area contributed by atoms with Crippen molar-refractivity contribution in [2.24, 2.45) is 0 Å². The van der Waals surface area contributed by atoms with E-state index in [1.54, 1.807) is 0 Å². The fraction of sp³-hybridized carbons (Fsp3) is 0.700. The van der Waals surface area contributed by atoms with Gasteiger partial charge in [0, 0.05) is 19.3 Å². The molecular weight excluding hydrogens is 184 g/mol. The van der Waals surface area contributed by atoms with Crippen molar-refractivity contribution in [3.63, 3.8) is 0 Å². The highest BCUT2D eigenvalue weighted by molar-refractivity contribution is 5.80. The van der Waals surface area contributed by atoms with Gasteiger partial charge in [0.25, 0.3) is 0 Å². The van der Waals surface area contributed by atoms with Crippen LogP contribution < -0.4 is 0 Å². The summed E-state index contributed by atoms with van der Waals surface area (Å²) in [5, 5.41) is 0. The molecule has 1 saturated heterocycles. The van der Waals surface area contributed by atoms with Crippen LogP contribution >= 0.6 is 0 Å². The normalized spacial score (nSPS) is 11.1. The van der Waals surface area contributed by atoms with Crippen molar-refractivity contribution in [3.8, 4) is 0 Å². The average molecular weight is 204 g/mol. The van der Waals surface area contributed by atoms with E-state index >= 15 is 0 Å². The molecule has 1 aliphatic rings. The van der Waals surface area contributed by atoms with Gasteiger partial charge in [0.1, 0.15) is 0 Å². The molecule has 4 heteroatoms. The molecule has 14 heavy (non-hydrogen) atoms. The van der Waals surface area contributed by atoms with E-state index in [-0.39, 0.29) is 0 Å². The Morgan fingerprint density at radius 2 is 1.86 bits per heavy atom. The van der Waals surface area contributed by atoms with Gasteiger partial charge in [-0.1, -0.05) is 6.58 Å². The van der Waals surface area contributed by atoms with Gasteiger partial charge in [-0.05, 0) is 13.8 Å². The third kappa shape index (κ3) is 30.4. The minimum Gasteiger partial charge on any atom is -0.466 e. The fourth-order valence-electron chi connectivity index (χ4n) is 0.287. The first kappa shape index (κ1) is 15.6. The topological polar surface area (TPSA) is 48.1 Å². The maximum atomic E-state index is 9.84. The van der Waals surface area contributed by atoms with Gasteiger partial charge < -0.3 is 14.2 Å². The van der Waals surface area contributed by atoms with Crippen molar-refractivity contribution in [2.45, 2.75) is 13.8 Å². The number of hydrogen-bond acceptors (Lipinski definition) is 4. The van der Waals surface area contributed by atoms with Crippen LogP contribution in [0.3, 0.4) is 0 Å². The largest absolute Gasteiger partial charge is 0.466 e. The summed E-state index contributed by atoms with van der Waals surface area (Å²) in [4.78, 5) is 9.84. The monoisotopic (exact) mass is 204 g/mol. The smallest absolute Gasteiger partial charge is 0.329 e. The maximum absolute atomic E-state index is 9.84. The van der Waals surface area contributed by atoms with Crippen LogP contribution in [-0.2, 0) is 19.0 Å². The molecular formula is C10H20O4. The molecule has 4 nitrogen and oxygen atoms in total. The highest BCUT2D eigenvalue weighted by Crippen LogP contribution is 1.84. The van der Waals surface area contributed by atoms with Crippen LogP contribution in [0.5, 0.6) is 0 Å². The summed E-state index contributed by atoms with van der Waals surface area (Å²) >= 11 is 0. The summed E-state index contributed by atoms with van der Waals surface area (Å²) in [7, 11) is 1.31. The van der Waals surface area contributed by atoms with Crippen LogP contribution in [0.1, 0.15) is 13.8 Å². The van der Waals surface area contributed by atoms with E-state index in [9.17, 15) is 4.79 Å². The maximum Gasteiger partial charge on any atom is 0.329 e. The molecule has 0 aromatic heterocycles. The molecule has 0 bridgehead atoms. The minimum absolute atomic E-state index is 0.394. The lowest BCUT2D eigenvalue weighted by molar-refractivity contribution is -0.134. The first-order valence-corrected chi connectivity index (χ1v) is 4.58. The predicted octanol–water partition coefficient (Wildman–Crippen LogP) is 1.40. The SMILES string of the molecule is C1CO1.C=CC(=O)OC.CCOCC. The number of esters is 1. The van der Waals surface area contributed by atoms with E-state index in [4.69, 9.17) is 4.74 Å². The number of methoxy groups -OCH3 is 1. The molecule has 0 aromatic carbocycles. The van der Waals surface area contributed by atoms with E-state index in [1.807, 2.05) is 13.8 Å². The zero-order valence-corrected chi connectivity index (χ0v) is 9.25. The summed E-state index contributed by atoms with van der Waals surface area (Å²) in [6, 6.07) is 0. The van der Waals surface area contributed by atoms with Crippen LogP contribution in [0.15, 0.2) is 12.7 Å². The van der Waals surface area contributed by atoms with Crippen molar-refractivity contribution in [2.75, 3.05) is 33.5 Å². The molecule has 0 spiro atoms. The Morgan fingerprint density at radius 1 is 1.43 bits per heavy atom. The van der Waals surface area contributed by atoms with Gasteiger partial charge in [-0.2, -0.15) is 0 Å². The number of carbonyl (C=O) groups excluding carboxylic acids is 1. The van der Waals surface area contributed by atoms with Gasteiger partial charge in [0.2, 0.25) is 0 Å². The fourth-order valence-corrected chi connectivity index (χ4v) is 0.287. The van der Waals surface area contributed by atoms with Crippen LogP contribution in [0.4, 0.5) is 0 Å². The molecule has 1 rings (SSSR count). The van der Waals surface area contributed by atoms with Gasteiger partial charge in [0.15, 0.2) is 0 Å². The van der Waals surface area contributed by atoms with Crippen LogP contribution in [0.25, 0.3) is 0 Å². The van der Waals surface area contributed by atoms with E-state index in [0.29, 0.717) is 0 Å². The van der Waals surface area contributed by atoms with Gasteiger partial charge >= 0.3 is 5.97 Å². The molecule has 1 fully saturated rings. The zero-order valence-electron chi connectivity index (χ0n) is 9.25. The van der Waals surface area contributed by atoms with Crippen molar-refractivity contribution in [1.29, 1.82) is 0 Å². The van der Waals surface area contributed by atoms with E-state index in [0.717, 1.165) is 32.5 Å². The number of rotatable bonds is 3. The Labute approximate surface area is 85.8 Å². The number of epoxide rings is 1. The molecule has 1 heterocycles. The van der Waals surface area contributed by atoms with E-state index in [2.05, 4.69) is 16.1 Å². The molecule has 0 radical (unpaired) electrons. The predicted molar refractivity (Wildman–Crippen MR) is 55.2 cm³/mol. The Bertz CT molecular complexity index is 127. The molecule has 0 unspecified atom stereocenters. The number of hydrogen-bond donors (Lipinski definition) is 0. The van der Waals surface area contributed by atoms with Crippen molar-refractivity contribution < 1.29 is 19.0 Å². The lowest BCUT2D eigenvalue weighted by Gasteiger charge is -1.86. The minimum atomic E-state index is -0.394. The molecule has 0 N–H and O–H groups in total. The first-order valence-electron chi connectivity index (χ1n) is 4.58. The zero-order chi connectivity index (χ0) is 11.2. The summed E-state index contributed by atoms with van der Waals surface area (Å²) < 4.78 is 13.5. The number of ether oxygens (including phenoxy) is 3. The molecule has 0 amide bonds. The van der Waals surface area contributed by atoms with Gasteiger partial charge in [-0.15, -0.1) is 0 Å². The average Bonchev–Trinajstić information content (AvgIpc) is 3.06. The Balaban J connectivity index is 0. The van der Waals surface area contributed by atoms with Gasteiger partial charge in [-0.25, -0.2) is 4.79 Å². The number of carbonyl (C=O) groups is 1. The highest BCUT2D eigenvalue weighted by atomic mass is 16.6. The summed E-state index contributed by atoms with van der Waals surface area (Å²) in [5.74, 6) is -0.394.